The normalized spacial score (nSPS) is 11.0. The molecule has 2 heterocycles. The third-order valence-corrected chi connectivity index (χ3v) is 4.33. The van der Waals surface area contributed by atoms with Gasteiger partial charge in [-0.2, -0.15) is 0 Å². The van der Waals surface area contributed by atoms with Gasteiger partial charge in [0.2, 0.25) is 5.95 Å². The number of nitrogens with one attached hydrogen (secondary N) is 1. The van der Waals surface area contributed by atoms with Gasteiger partial charge in [0.25, 0.3) is 5.91 Å². The molecule has 0 unspecified atom stereocenters. The maximum atomic E-state index is 12.6. The minimum absolute atomic E-state index is 0.224. The van der Waals surface area contributed by atoms with E-state index in [2.05, 4.69) is 38.7 Å². The Morgan fingerprint density at radius 3 is 2.62 bits per heavy atom. The van der Waals surface area contributed by atoms with Crippen LogP contribution < -0.4 is 10.2 Å². The van der Waals surface area contributed by atoms with Gasteiger partial charge in [-0.25, -0.2) is 15.0 Å². The first-order chi connectivity index (χ1) is 12.4. The molecule has 2 aromatic heterocycles. The highest BCUT2D eigenvalue weighted by Crippen LogP contribution is 2.22. The van der Waals surface area contributed by atoms with Crippen LogP contribution in [0, 0.1) is 6.92 Å². The lowest BCUT2D eigenvalue weighted by Crippen LogP contribution is -2.18. The van der Waals surface area contributed by atoms with E-state index in [1.807, 2.05) is 39.2 Å². The van der Waals surface area contributed by atoms with E-state index in [0.717, 1.165) is 29.8 Å². The molecule has 0 saturated heterocycles. The Hall–Kier alpha value is -2.96. The summed E-state index contributed by atoms with van der Waals surface area (Å²) in [5.41, 5.74) is 3.78. The second kappa shape index (κ2) is 7.11. The molecule has 0 aliphatic rings. The Balaban J connectivity index is 1.88. The van der Waals surface area contributed by atoms with Gasteiger partial charge >= 0.3 is 0 Å². The van der Waals surface area contributed by atoms with E-state index in [9.17, 15) is 4.79 Å². The van der Waals surface area contributed by atoms with E-state index >= 15 is 0 Å². The summed E-state index contributed by atoms with van der Waals surface area (Å²) in [6.45, 7) is 6.88. The number of imidazole rings is 1. The lowest BCUT2D eigenvalue weighted by molar-refractivity contribution is 0.102. The molecule has 0 bridgehead atoms. The van der Waals surface area contributed by atoms with E-state index in [4.69, 9.17) is 0 Å². The van der Waals surface area contributed by atoms with Crippen LogP contribution in [0.4, 0.5) is 11.6 Å². The second-order valence-electron chi connectivity index (χ2n) is 6.35. The molecule has 0 spiro atoms. The van der Waals surface area contributed by atoms with Gasteiger partial charge in [-0.1, -0.05) is 6.92 Å². The first-order valence-electron chi connectivity index (χ1n) is 8.76. The Bertz CT molecular complexity index is 960. The molecule has 1 N–H and O–H groups in total. The van der Waals surface area contributed by atoms with Gasteiger partial charge in [0.15, 0.2) is 0 Å². The van der Waals surface area contributed by atoms with Crippen LogP contribution in [0.5, 0.6) is 0 Å². The molecular weight excluding hydrogens is 328 g/mol. The number of carbonyl (C=O) groups is 1. The molecule has 7 nitrogen and oxygen atoms in total. The van der Waals surface area contributed by atoms with Crippen LogP contribution >= 0.6 is 0 Å². The standard InChI is InChI=1S/C19H24N6O/c1-6-17-23-15-10-13(8-9-16(15)25(17)7-2)22-18(26)14-11-20-19(24(4)5)21-12(14)3/h8-11H,6-7H2,1-5H3,(H,22,26). The summed E-state index contributed by atoms with van der Waals surface area (Å²) >= 11 is 0. The van der Waals surface area contributed by atoms with Crippen molar-refractivity contribution < 1.29 is 4.79 Å². The van der Waals surface area contributed by atoms with Crippen LogP contribution in [0.2, 0.25) is 0 Å². The number of anilines is 2. The van der Waals surface area contributed by atoms with Gasteiger partial charge in [0.1, 0.15) is 5.82 Å². The van der Waals surface area contributed by atoms with Gasteiger partial charge in [-0.05, 0) is 32.0 Å². The van der Waals surface area contributed by atoms with Gasteiger partial charge in [-0.15, -0.1) is 0 Å². The fourth-order valence-corrected chi connectivity index (χ4v) is 2.97. The van der Waals surface area contributed by atoms with E-state index < -0.39 is 0 Å². The average molecular weight is 352 g/mol. The van der Waals surface area contributed by atoms with Crippen molar-refractivity contribution >= 4 is 28.6 Å². The molecule has 7 heteroatoms. The monoisotopic (exact) mass is 352 g/mol. The predicted octanol–water partition coefficient (Wildman–Crippen LogP) is 3.04. The van der Waals surface area contributed by atoms with Crippen LogP contribution in [0.15, 0.2) is 24.4 Å². The zero-order chi connectivity index (χ0) is 18.8. The maximum Gasteiger partial charge on any atom is 0.259 e. The fourth-order valence-electron chi connectivity index (χ4n) is 2.97. The number of hydrogen-bond donors (Lipinski definition) is 1. The molecule has 0 atom stereocenters. The molecule has 0 saturated carbocycles. The van der Waals surface area contributed by atoms with Crippen LogP contribution in [-0.4, -0.2) is 39.5 Å². The van der Waals surface area contributed by atoms with Crippen molar-refractivity contribution in [2.45, 2.75) is 33.7 Å². The number of aryl methyl sites for hydroxylation is 3. The number of fused-ring (bicyclic) bond motifs is 1. The number of rotatable bonds is 5. The van der Waals surface area contributed by atoms with E-state index in [1.54, 1.807) is 11.1 Å². The SMILES string of the molecule is CCc1nc2cc(NC(=O)c3cnc(N(C)C)nc3C)ccc2n1CC. The third kappa shape index (κ3) is 3.24. The molecule has 0 fully saturated rings. The van der Waals surface area contributed by atoms with Crippen molar-refractivity contribution in [3.05, 3.63) is 41.5 Å². The topological polar surface area (TPSA) is 75.9 Å². The first-order valence-corrected chi connectivity index (χ1v) is 8.76. The number of carbonyl (C=O) groups excluding carboxylic acids is 1. The lowest BCUT2D eigenvalue weighted by atomic mass is 10.2. The second-order valence-corrected chi connectivity index (χ2v) is 6.35. The van der Waals surface area contributed by atoms with E-state index in [0.29, 0.717) is 22.9 Å². The zero-order valence-corrected chi connectivity index (χ0v) is 15.9. The first kappa shape index (κ1) is 17.8. The molecular formula is C19H24N6O. The molecule has 0 aliphatic carbocycles. The third-order valence-electron chi connectivity index (χ3n) is 4.33. The van der Waals surface area contributed by atoms with Crippen LogP contribution in [0.3, 0.4) is 0 Å². The summed E-state index contributed by atoms with van der Waals surface area (Å²) in [6.07, 6.45) is 2.44. The minimum Gasteiger partial charge on any atom is -0.347 e. The van der Waals surface area contributed by atoms with Crippen molar-refractivity contribution in [1.82, 2.24) is 19.5 Å². The predicted molar refractivity (Wildman–Crippen MR) is 104 cm³/mol. The van der Waals surface area contributed by atoms with Crippen molar-refractivity contribution in [2.24, 2.45) is 0 Å². The van der Waals surface area contributed by atoms with E-state index in [-0.39, 0.29) is 5.91 Å². The number of amides is 1. The molecule has 3 rings (SSSR count). The largest absolute Gasteiger partial charge is 0.347 e. The Morgan fingerprint density at radius 2 is 2.00 bits per heavy atom. The summed E-state index contributed by atoms with van der Waals surface area (Å²) in [7, 11) is 3.73. The summed E-state index contributed by atoms with van der Waals surface area (Å²) in [5.74, 6) is 1.41. The number of aromatic nitrogens is 4. The number of nitrogens with zero attached hydrogens (tertiary/aromatic N) is 5. The Morgan fingerprint density at radius 1 is 1.23 bits per heavy atom. The van der Waals surface area contributed by atoms with E-state index in [1.165, 1.54) is 0 Å². The summed E-state index contributed by atoms with van der Waals surface area (Å²) in [6, 6.07) is 5.81. The van der Waals surface area contributed by atoms with Crippen molar-refractivity contribution in [3.8, 4) is 0 Å². The smallest absolute Gasteiger partial charge is 0.259 e. The van der Waals surface area contributed by atoms with Crippen LogP contribution in [0.25, 0.3) is 11.0 Å². The van der Waals surface area contributed by atoms with Gasteiger partial charge in [0.05, 0.1) is 22.3 Å². The highest BCUT2D eigenvalue weighted by atomic mass is 16.1. The highest BCUT2D eigenvalue weighted by molar-refractivity contribution is 6.05. The van der Waals surface area contributed by atoms with Gasteiger partial charge in [0, 0.05) is 38.9 Å². The molecule has 0 aliphatic heterocycles. The highest BCUT2D eigenvalue weighted by Gasteiger charge is 2.14. The fraction of sp³-hybridized carbons (Fsp3) is 0.368. The average Bonchev–Trinajstić information content (AvgIpc) is 2.98. The van der Waals surface area contributed by atoms with Gasteiger partial charge in [-0.3, -0.25) is 4.79 Å². The van der Waals surface area contributed by atoms with Crippen molar-refractivity contribution in [3.63, 3.8) is 0 Å². The number of hydrogen-bond acceptors (Lipinski definition) is 5. The maximum absolute atomic E-state index is 12.6. The molecule has 1 amide bonds. The minimum atomic E-state index is -0.224. The Kier molecular flexibility index (Phi) is 4.88. The van der Waals surface area contributed by atoms with Crippen LogP contribution in [0.1, 0.15) is 35.7 Å². The molecule has 26 heavy (non-hydrogen) atoms. The number of benzene rings is 1. The lowest BCUT2D eigenvalue weighted by Gasteiger charge is -2.12. The molecule has 136 valence electrons. The molecule has 1 aromatic carbocycles. The quantitative estimate of drug-likeness (QED) is 0.764. The summed E-state index contributed by atoms with van der Waals surface area (Å²) in [4.78, 5) is 27.7. The van der Waals surface area contributed by atoms with Crippen molar-refractivity contribution in [1.29, 1.82) is 0 Å². The molecule has 3 aromatic rings. The summed E-state index contributed by atoms with van der Waals surface area (Å²) < 4.78 is 2.19. The summed E-state index contributed by atoms with van der Waals surface area (Å²) in [5, 5.41) is 2.92. The van der Waals surface area contributed by atoms with Crippen molar-refractivity contribution in [2.75, 3.05) is 24.3 Å². The Labute approximate surface area is 153 Å². The molecule has 0 radical (unpaired) electrons. The van der Waals surface area contributed by atoms with Gasteiger partial charge < -0.3 is 14.8 Å². The van der Waals surface area contributed by atoms with Crippen LogP contribution in [-0.2, 0) is 13.0 Å². The zero-order valence-electron chi connectivity index (χ0n) is 15.9.